The lowest BCUT2D eigenvalue weighted by Gasteiger charge is -2.00. The van der Waals surface area contributed by atoms with Gasteiger partial charge >= 0.3 is 0 Å². The van der Waals surface area contributed by atoms with E-state index in [4.69, 9.17) is 29.6 Å². The van der Waals surface area contributed by atoms with Gasteiger partial charge in [0.2, 0.25) is 0 Å². The molecular formula is C10H6Cl2N2. The molecule has 0 aliphatic carbocycles. The Morgan fingerprint density at radius 1 is 1.43 bits per heavy atom. The van der Waals surface area contributed by atoms with Gasteiger partial charge in [0.05, 0.1) is 16.7 Å². The molecule has 4 heteroatoms. The van der Waals surface area contributed by atoms with Gasteiger partial charge in [-0.2, -0.15) is 5.10 Å². The van der Waals surface area contributed by atoms with Crippen molar-refractivity contribution in [3.63, 3.8) is 0 Å². The first-order valence-corrected chi connectivity index (χ1v) is 4.72. The highest BCUT2D eigenvalue weighted by atomic mass is 35.5. The molecule has 2 nitrogen and oxygen atoms in total. The zero-order valence-corrected chi connectivity index (χ0v) is 8.68. The third-order valence-corrected chi connectivity index (χ3v) is 2.40. The van der Waals surface area contributed by atoms with Gasteiger partial charge in [-0.3, -0.25) is 4.68 Å². The lowest BCUT2D eigenvalue weighted by Crippen LogP contribution is -1.97. The summed E-state index contributed by atoms with van der Waals surface area (Å²) in [7, 11) is 0. The average Bonchev–Trinajstić information content (AvgIpc) is 2.49. The van der Waals surface area contributed by atoms with E-state index >= 15 is 0 Å². The van der Waals surface area contributed by atoms with Crippen LogP contribution in [-0.4, -0.2) is 9.78 Å². The lowest BCUT2D eigenvalue weighted by atomic mass is 10.2. The van der Waals surface area contributed by atoms with Gasteiger partial charge in [0.1, 0.15) is 6.54 Å². The van der Waals surface area contributed by atoms with Crippen LogP contribution in [0.4, 0.5) is 0 Å². The van der Waals surface area contributed by atoms with Crippen molar-refractivity contribution in [1.82, 2.24) is 9.78 Å². The molecule has 0 fully saturated rings. The van der Waals surface area contributed by atoms with Crippen molar-refractivity contribution >= 4 is 34.1 Å². The molecule has 0 unspecified atom stereocenters. The van der Waals surface area contributed by atoms with Gasteiger partial charge in [0.25, 0.3) is 0 Å². The summed E-state index contributed by atoms with van der Waals surface area (Å²) in [5.74, 6) is 2.51. The predicted octanol–water partition coefficient (Wildman–Crippen LogP) is 2.98. The maximum atomic E-state index is 6.03. The Morgan fingerprint density at radius 3 is 2.93 bits per heavy atom. The van der Waals surface area contributed by atoms with E-state index in [2.05, 4.69) is 11.0 Å². The van der Waals surface area contributed by atoms with Crippen molar-refractivity contribution in [1.29, 1.82) is 0 Å². The van der Waals surface area contributed by atoms with Crippen LogP contribution in [-0.2, 0) is 6.54 Å². The van der Waals surface area contributed by atoms with Gasteiger partial charge < -0.3 is 0 Å². The molecule has 0 aliphatic rings. The van der Waals surface area contributed by atoms with Gasteiger partial charge in [0, 0.05) is 10.4 Å². The fourth-order valence-corrected chi connectivity index (χ4v) is 1.96. The minimum absolute atomic E-state index is 0.408. The maximum Gasteiger partial charge on any atom is 0.102 e. The molecule has 0 aliphatic heterocycles. The van der Waals surface area contributed by atoms with E-state index in [1.54, 1.807) is 16.9 Å². The standard InChI is InChI=1S/C10H6Cl2N2/c1-2-3-14-10-7(6-13-14)4-8(11)5-9(10)12/h1,4-6H,3H2. The molecule has 14 heavy (non-hydrogen) atoms. The molecule has 1 aromatic carbocycles. The van der Waals surface area contributed by atoms with Crippen LogP contribution in [0.3, 0.4) is 0 Å². The number of hydrogen-bond acceptors (Lipinski definition) is 1. The fourth-order valence-electron chi connectivity index (χ4n) is 1.35. The SMILES string of the molecule is C#CCn1ncc2cc(Cl)cc(Cl)c21. The first-order valence-electron chi connectivity index (χ1n) is 3.96. The molecule has 2 aromatic rings. The number of rotatable bonds is 1. The summed E-state index contributed by atoms with van der Waals surface area (Å²) in [6.07, 6.45) is 6.91. The largest absolute Gasteiger partial charge is 0.251 e. The summed E-state index contributed by atoms with van der Waals surface area (Å²) < 4.78 is 1.67. The van der Waals surface area contributed by atoms with Crippen molar-refractivity contribution in [2.45, 2.75) is 6.54 Å². The summed E-state index contributed by atoms with van der Waals surface area (Å²) in [5, 5.41) is 6.19. The van der Waals surface area contributed by atoms with E-state index in [9.17, 15) is 0 Å². The second-order valence-corrected chi connectivity index (χ2v) is 3.68. The Balaban J connectivity index is 2.74. The number of hydrogen-bond donors (Lipinski definition) is 0. The van der Waals surface area contributed by atoms with E-state index in [1.807, 2.05) is 6.07 Å². The summed E-state index contributed by atoms with van der Waals surface area (Å²) in [6.45, 7) is 0.408. The van der Waals surface area contributed by atoms with Crippen LogP contribution in [0.1, 0.15) is 0 Å². The van der Waals surface area contributed by atoms with Gasteiger partial charge in [-0.15, -0.1) is 6.42 Å². The zero-order chi connectivity index (χ0) is 10.1. The van der Waals surface area contributed by atoms with Gasteiger partial charge in [-0.25, -0.2) is 0 Å². The minimum atomic E-state index is 0.408. The summed E-state index contributed by atoms with van der Waals surface area (Å²) in [5.41, 5.74) is 0.828. The van der Waals surface area contributed by atoms with Crippen LogP contribution in [0.15, 0.2) is 18.3 Å². The third-order valence-electron chi connectivity index (χ3n) is 1.89. The zero-order valence-electron chi connectivity index (χ0n) is 7.17. The van der Waals surface area contributed by atoms with Crippen molar-refractivity contribution < 1.29 is 0 Å². The lowest BCUT2D eigenvalue weighted by molar-refractivity contribution is 0.743. The van der Waals surface area contributed by atoms with Gasteiger partial charge in [-0.05, 0) is 12.1 Å². The molecule has 0 bridgehead atoms. The van der Waals surface area contributed by atoms with Crippen LogP contribution in [0, 0.1) is 12.3 Å². The van der Waals surface area contributed by atoms with Crippen LogP contribution in [0.5, 0.6) is 0 Å². The van der Waals surface area contributed by atoms with Crippen LogP contribution in [0.25, 0.3) is 10.9 Å². The van der Waals surface area contributed by atoms with Gasteiger partial charge in [0.15, 0.2) is 0 Å². The Bertz CT molecular complexity index is 523. The number of fused-ring (bicyclic) bond motifs is 1. The summed E-state index contributed by atoms with van der Waals surface area (Å²) >= 11 is 11.9. The quantitative estimate of drug-likeness (QED) is 0.682. The first-order chi connectivity index (χ1) is 6.72. The van der Waals surface area contributed by atoms with Crippen LogP contribution < -0.4 is 0 Å². The van der Waals surface area contributed by atoms with Crippen LogP contribution >= 0.6 is 23.2 Å². The van der Waals surface area contributed by atoms with Gasteiger partial charge in [-0.1, -0.05) is 29.1 Å². The molecule has 0 spiro atoms. The molecule has 0 radical (unpaired) electrons. The van der Waals surface area contributed by atoms with Crippen molar-refractivity contribution in [2.24, 2.45) is 0 Å². The van der Waals surface area contributed by atoms with E-state index in [0.29, 0.717) is 16.6 Å². The highest BCUT2D eigenvalue weighted by Gasteiger charge is 2.07. The Kier molecular flexibility index (Phi) is 2.37. The molecule has 2 rings (SSSR count). The highest BCUT2D eigenvalue weighted by molar-refractivity contribution is 6.38. The molecular weight excluding hydrogens is 219 g/mol. The minimum Gasteiger partial charge on any atom is -0.251 e. The number of terminal acetylenes is 1. The average molecular weight is 225 g/mol. The number of nitrogens with zero attached hydrogens (tertiary/aromatic N) is 2. The number of benzene rings is 1. The smallest absolute Gasteiger partial charge is 0.102 e. The highest BCUT2D eigenvalue weighted by Crippen LogP contribution is 2.27. The molecule has 0 atom stereocenters. The predicted molar refractivity (Wildman–Crippen MR) is 58.6 cm³/mol. The fraction of sp³-hybridized carbons (Fsp3) is 0.100. The second-order valence-electron chi connectivity index (χ2n) is 2.83. The molecule has 1 heterocycles. The first kappa shape index (κ1) is 9.39. The van der Waals surface area contributed by atoms with E-state index < -0.39 is 0 Å². The summed E-state index contributed by atoms with van der Waals surface area (Å²) in [4.78, 5) is 0. The monoisotopic (exact) mass is 224 g/mol. The van der Waals surface area contributed by atoms with E-state index in [-0.39, 0.29) is 0 Å². The van der Waals surface area contributed by atoms with Crippen molar-refractivity contribution in [3.8, 4) is 12.3 Å². The Hall–Kier alpha value is -1.17. The Labute approximate surface area is 91.4 Å². The summed E-state index contributed by atoms with van der Waals surface area (Å²) in [6, 6.07) is 3.49. The molecule has 1 aromatic heterocycles. The Morgan fingerprint density at radius 2 is 2.21 bits per heavy atom. The van der Waals surface area contributed by atoms with E-state index in [0.717, 1.165) is 10.9 Å². The number of halogens is 2. The second kappa shape index (κ2) is 3.53. The normalized spacial score (nSPS) is 10.4. The number of aromatic nitrogens is 2. The molecule has 70 valence electrons. The molecule has 0 amide bonds. The van der Waals surface area contributed by atoms with Crippen molar-refractivity contribution in [3.05, 3.63) is 28.4 Å². The maximum absolute atomic E-state index is 6.03. The van der Waals surface area contributed by atoms with Crippen molar-refractivity contribution in [2.75, 3.05) is 0 Å². The molecule has 0 N–H and O–H groups in total. The molecule has 0 saturated heterocycles. The third kappa shape index (κ3) is 1.45. The molecule has 0 saturated carbocycles. The van der Waals surface area contributed by atoms with Crippen LogP contribution in [0.2, 0.25) is 10.0 Å². The topological polar surface area (TPSA) is 17.8 Å². The van der Waals surface area contributed by atoms with E-state index in [1.165, 1.54) is 0 Å².